The Kier molecular flexibility index (Phi) is 3.84. The molecule has 0 fully saturated rings. The number of aliphatic imine (C=N–C) groups is 1. The van der Waals surface area contributed by atoms with Crippen LogP contribution in [-0.4, -0.2) is 22.3 Å². The van der Waals surface area contributed by atoms with E-state index in [0.717, 1.165) is 0 Å². The maximum Gasteiger partial charge on any atom is 0.329 e. The summed E-state index contributed by atoms with van der Waals surface area (Å²) in [6.45, 7) is 1.73. The molecule has 9 heavy (non-hydrogen) atoms. The number of carbonyl (C=O) groups is 1. The Balaban J connectivity index is 3.98. The highest BCUT2D eigenvalue weighted by Gasteiger charge is 2.10. The van der Waals surface area contributed by atoms with Crippen molar-refractivity contribution in [2.45, 2.75) is 19.4 Å². The van der Waals surface area contributed by atoms with Gasteiger partial charge in [-0.1, -0.05) is 6.92 Å². The van der Waals surface area contributed by atoms with Crippen LogP contribution in [0.2, 0.25) is 0 Å². The van der Waals surface area contributed by atoms with Crippen LogP contribution in [0, 0.1) is 0 Å². The zero-order chi connectivity index (χ0) is 7.28. The molecule has 4 heteroatoms. The Bertz CT molecular complexity index is 149. The lowest BCUT2D eigenvalue weighted by molar-refractivity contribution is -0.138. The molecule has 0 aliphatic carbocycles. The van der Waals surface area contributed by atoms with E-state index in [9.17, 15) is 4.79 Å². The molecule has 1 atom stereocenters. The van der Waals surface area contributed by atoms with E-state index in [1.165, 1.54) is 0 Å². The number of aliphatic carboxylic acids is 1. The van der Waals surface area contributed by atoms with Gasteiger partial charge in [0, 0.05) is 0 Å². The second-order valence-corrected chi connectivity index (χ2v) is 1.67. The first kappa shape index (κ1) is 8.27. The second-order valence-electron chi connectivity index (χ2n) is 1.48. The van der Waals surface area contributed by atoms with Crippen molar-refractivity contribution >= 4 is 23.3 Å². The molecule has 0 aromatic carbocycles. The minimum atomic E-state index is -0.949. The lowest BCUT2D eigenvalue weighted by Crippen LogP contribution is -2.15. The summed E-state index contributed by atoms with van der Waals surface area (Å²) in [7, 11) is 0. The molecule has 50 valence electrons. The van der Waals surface area contributed by atoms with Crippen LogP contribution in [0.3, 0.4) is 0 Å². The number of carboxylic acids is 1. The Morgan fingerprint density at radius 3 is 2.67 bits per heavy atom. The summed E-state index contributed by atoms with van der Waals surface area (Å²) in [6, 6.07) is -0.706. The van der Waals surface area contributed by atoms with Gasteiger partial charge in [0.15, 0.2) is 6.04 Å². The van der Waals surface area contributed by atoms with Gasteiger partial charge in [0.05, 0.1) is 5.16 Å². The minimum absolute atomic E-state index is 0.457. The van der Waals surface area contributed by atoms with Gasteiger partial charge in [-0.15, -0.1) is 0 Å². The first-order valence-electron chi connectivity index (χ1n) is 2.52. The summed E-state index contributed by atoms with van der Waals surface area (Å²) < 4.78 is 0. The first-order valence-corrected chi connectivity index (χ1v) is 2.93. The van der Waals surface area contributed by atoms with Crippen molar-refractivity contribution < 1.29 is 9.90 Å². The van der Waals surface area contributed by atoms with Crippen LogP contribution in [0.25, 0.3) is 0 Å². The fourth-order valence-electron chi connectivity index (χ4n) is 0.385. The number of hydrogen-bond acceptors (Lipinski definition) is 3. The molecule has 0 aliphatic rings. The Morgan fingerprint density at radius 2 is 2.56 bits per heavy atom. The highest BCUT2D eigenvalue weighted by atomic mass is 32.1. The van der Waals surface area contributed by atoms with Crippen molar-refractivity contribution in [1.82, 2.24) is 0 Å². The molecule has 0 aromatic rings. The number of carboxylic acid groups (broad SMARTS) is 1. The SMILES string of the molecule is CCC(N=C=S)C(=O)O. The zero-order valence-corrected chi connectivity index (χ0v) is 5.81. The van der Waals surface area contributed by atoms with Crippen LogP contribution < -0.4 is 0 Å². The van der Waals surface area contributed by atoms with Gasteiger partial charge >= 0.3 is 5.97 Å². The van der Waals surface area contributed by atoms with E-state index in [2.05, 4.69) is 17.2 Å². The number of hydrogen-bond donors (Lipinski definition) is 1. The van der Waals surface area contributed by atoms with E-state index in [1.54, 1.807) is 6.92 Å². The summed E-state index contributed by atoms with van der Waals surface area (Å²) in [5, 5.41) is 10.4. The van der Waals surface area contributed by atoms with Crippen LogP contribution in [0.15, 0.2) is 4.99 Å². The molecule has 0 aliphatic heterocycles. The van der Waals surface area contributed by atoms with Gasteiger partial charge < -0.3 is 5.11 Å². The van der Waals surface area contributed by atoms with Crippen LogP contribution in [0.5, 0.6) is 0 Å². The van der Waals surface area contributed by atoms with Crippen LogP contribution >= 0.6 is 12.2 Å². The van der Waals surface area contributed by atoms with Crippen LogP contribution in [0.4, 0.5) is 0 Å². The first-order chi connectivity index (χ1) is 4.22. The van der Waals surface area contributed by atoms with Gasteiger partial charge in [-0.2, -0.15) is 0 Å². The normalized spacial score (nSPS) is 11.7. The number of isothiocyanates is 1. The lowest BCUT2D eigenvalue weighted by atomic mass is 10.2. The van der Waals surface area contributed by atoms with Gasteiger partial charge in [0.2, 0.25) is 0 Å². The van der Waals surface area contributed by atoms with Gasteiger partial charge in [0.25, 0.3) is 0 Å². The molecule has 0 saturated heterocycles. The fraction of sp³-hybridized carbons (Fsp3) is 0.600. The summed E-state index contributed by atoms with van der Waals surface area (Å²) in [5.41, 5.74) is 0. The molecule has 1 N–H and O–H groups in total. The third kappa shape index (κ3) is 2.95. The molecule has 0 rings (SSSR count). The smallest absolute Gasteiger partial charge is 0.329 e. The predicted octanol–water partition coefficient (Wildman–Crippen LogP) is 0.952. The van der Waals surface area contributed by atoms with Gasteiger partial charge in [-0.25, -0.2) is 9.79 Å². The van der Waals surface area contributed by atoms with Crippen molar-refractivity contribution in [3.8, 4) is 0 Å². The second kappa shape index (κ2) is 4.18. The van der Waals surface area contributed by atoms with Crippen molar-refractivity contribution in [2.24, 2.45) is 4.99 Å². The highest BCUT2D eigenvalue weighted by Crippen LogP contribution is 1.94. The number of nitrogens with zero attached hydrogens (tertiary/aromatic N) is 1. The molecular formula is C5H7NO2S. The molecule has 0 saturated carbocycles. The Morgan fingerprint density at radius 1 is 2.00 bits per heavy atom. The molecule has 0 amide bonds. The molecular weight excluding hydrogens is 138 g/mol. The molecule has 1 unspecified atom stereocenters. The van der Waals surface area contributed by atoms with Crippen molar-refractivity contribution in [3.05, 3.63) is 0 Å². The molecule has 0 bridgehead atoms. The number of thiocarbonyl (C=S) groups is 1. The van der Waals surface area contributed by atoms with Crippen molar-refractivity contribution in [2.75, 3.05) is 0 Å². The molecule has 3 nitrogen and oxygen atoms in total. The molecule has 0 spiro atoms. The van der Waals surface area contributed by atoms with E-state index >= 15 is 0 Å². The van der Waals surface area contributed by atoms with E-state index in [0.29, 0.717) is 6.42 Å². The van der Waals surface area contributed by atoms with E-state index in [-0.39, 0.29) is 0 Å². The molecule has 0 radical (unpaired) electrons. The van der Waals surface area contributed by atoms with Crippen LogP contribution in [-0.2, 0) is 4.79 Å². The third-order valence-corrected chi connectivity index (χ3v) is 0.986. The summed E-state index contributed by atoms with van der Waals surface area (Å²) in [4.78, 5) is 13.5. The van der Waals surface area contributed by atoms with Crippen molar-refractivity contribution in [3.63, 3.8) is 0 Å². The average Bonchev–Trinajstić information content (AvgIpc) is 1.82. The zero-order valence-electron chi connectivity index (χ0n) is 5.00. The summed E-state index contributed by atoms with van der Waals surface area (Å²) >= 11 is 4.23. The largest absolute Gasteiger partial charge is 0.480 e. The van der Waals surface area contributed by atoms with E-state index < -0.39 is 12.0 Å². The highest BCUT2D eigenvalue weighted by molar-refractivity contribution is 7.78. The van der Waals surface area contributed by atoms with Gasteiger partial charge in [0.1, 0.15) is 0 Å². The lowest BCUT2D eigenvalue weighted by Gasteiger charge is -1.97. The molecule has 0 aromatic heterocycles. The standard InChI is InChI=1S/C5H7NO2S/c1-2-4(5(7)8)6-3-9/h4H,2H2,1H3,(H,7,8). The minimum Gasteiger partial charge on any atom is -0.480 e. The quantitative estimate of drug-likeness (QED) is 0.475. The van der Waals surface area contributed by atoms with E-state index in [1.807, 2.05) is 5.16 Å². The Hall–Kier alpha value is -0.730. The number of rotatable bonds is 3. The predicted molar refractivity (Wildman–Crippen MR) is 36.7 cm³/mol. The molecule has 0 heterocycles. The van der Waals surface area contributed by atoms with Gasteiger partial charge in [-0.3, -0.25) is 0 Å². The summed E-state index contributed by atoms with van der Waals surface area (Å²) in [5.74, 6) is -0.949. The summed E-state index contributed by atoms with van der Waals surface area (Å²) in [6.07, 6.45) is 0.457. The van der Waals surface area contributed by atoms with E-state index in [4.69, 9.17) is 5.11 Å². The van der Waals surface area contributed by atoms with Crippen molar-refractivity contribution in [1.29, 1.82) is 0 Å². The topological polar surface area (TPSA) is 49.7 Å². The Labute approximate surface area is 58.4 Å². The fourth-order valence-corrected chi connectivity index (χ4v) is 0.512. The maximum atomic E-state index is 10.1. The van der Waals surface area contributed by atoms with Gasteiger partial charge in [-0.05, 0) is 18.6 Å². The monoisotopic (exact) mass is 145 g/mol. The third-order valence-electron chi connectivity index (χ3n) is 0.880. The maximum absolute atomic E-state index is 10.1. The van der Waals surface area contributed by atoms with Crippen LogP contribution in [0.1, 0.15) is 13.3 Å². The average molecular weight is 145 g/mol.